The number of para-hydroxylation sites is 1. The number of methoxy groups -OCH3 is 2. The van der Waals surface area contributed by atoms with Crippen molar-refractivity contribution >= 4 is 16.7 Å². The van der Waals surface area contributed by atoms with Crippen LogP contribution >= 0.6 is 0 Å². The van der Waals surface area contributed by atoms with E-state index < -0.39 is 0 Å². The van der Waals surface area contributed by atoms with E-state index in [4.69, 9.17) is 18.9 Å². The number of aryl methyl sites for hydroxylation is 1. The maximum absolute atomic E-state index is 6.16. The molecule has 0 radical (unpaired) electrons. The lowest BCUT2D eigenvalue weighted by Gasteiger charge is -2.10. The molecule has 4 rings (SSSR count). The van der Waals surface area contributed by atoms with Crippen molar-refractivity contribution in [1.82, 2.24) is 0 Å². The van der Waals surface area contributed by atoms with Gasteiger partial charge >= 0.3 is 0 Å². The maximum atomic E-state index is 6.16. The number of ether oxygens (including phenoxy) is 2. The standard InChI is InChI=1S/C24H21NO3/c1-16-8-11-18(12-9-16)25-20-15-23(28-21-7-5-4-6-19(20)21)17-10-13-22(26-2)24(14-17)27-3/h4-15H,1-3H3. The highest BCUT2D eigenvalue weighted by Gasteiger charge is 2.10. The number of hydrogen-bond acceptors (Lipinski definition) is 4. The number of nitrogens with zero attached hydrogens (tertiary/aromatic N) is 1. The second kappa shape index (κ2) is 7.61. The molecule has 0 saturated carbocycles. The third kappa shape index (κ3) is 3.49. The van der Waals surface area contributed by atoms with Crippen molar-refractivity contribution in [3.8, 4) is 22.8 Å². The largest absolute Gasteiger partial charge is 0.493 e. The molecule has 0 unspecified atom stereocenters. The van der Waals surface area contributed by atoms with E-state index >= 15 is 0 Å². The first-order chi connectivity index (χ1) is 13.7. The zero-order valence-electron chi connectivity index (χ0n) is 16.1. The van der Waals surface area contributed by atoms with Crippen LogP contribution < -0.4 is 14.8 Å². The molecule has 0 atom stereocenters. The van der Waals surface area contributed by atoms with Gasteiger partial charge in [-0.3, -0.25) is 0 Å². The second-order valence-electron chi connectivity index (χ2n) is 6.51. The summed E-state index contributed by atoms with van der Waals surface area (Å²) in [4.78, 5) is 4.86. The minimum Gasteiger partial charge on any atom is -0.493 e. The summed E-state index contributed by atoms with van der Waals surface area (Å²) in [5.41, 5.74) is 3.78. The molecule has 140 valence electrons. The summed E-state index contributed by atoms with van der Waals surface area (Å²) >= 11 is 0. The Kier molecular flexibility index (Phi) is 4.85. The molecule has 4 nitrogen and oxygen atoms in total. The van der Waals surface area contributed by atoms with Crippen LogP contribution in [-0.4, -0.2) is 14.2 Å². The third-order valence-electron chi connectivity index (χ3n) is 4.60. The van der Waals surface area contributed by atoms with Crippen molar-refractivity contribution in [2.75, 3.05) is 14.2 Å². The van der Waals surface area contributed by atoms with Crippen LogP contribution in [0.4, 0.5) is 5.69 Å². The Balaban J connectivity index is 1.93. The molecule has 28 heavy (non-hydrogen) atoms. The Morgan fingerprint density at radius 1 is 0.786 bits per heavy atom. The van der Waals surface area contributed by atoms with Crippen LogP contribution in [-0.2, 0) is 0 Å². The summed E-state index contributed by atoms with van der Waals surface area (Å²) in [6.07, 6.45) is 0. The van der Waals surface area contributed by atoms with Gasteiger partial charge in [-0.2, -0.15) is 0 Å². The predicted molar refractivity (Wildman–Crippen MR) is 111 cm³/mol. The van der Waals surface area contributed by atoms with Crippen LogP contribution in [0.5, 0.6) is 11.5 Å². The smallest absolute Gasteiger partial charge is 0.161 e. The lowest BCUT2D eigenvalue weighted by atomic mass is 10.1. The molecule has 0 spiro atoms. The molecule has 0 aliphatic heterocycles. The molecule has 4 aromatic rings. The third-order valence-corrected chi connectivity index (χ3v) is 4.60. The lowest BCUT2D eigenvalue weighted by molar-refractivity contribution is 0.355. The quantitative estimate of drug-likeness (QED) is 0.465. The minimum atomic E-state index is 0.653. The van der Waals surface area contributed by atoms with Gasteiger partial charge in [0.15, 0.2) is 11.5 Å². The fourth-order valence-electron chi connectivity index (χ4n) is 3.10. The highest BCUT2D eigenvalue weighted by molar-refractivity contribution is 5.79. The van der Waals surface area contributed by atoms with E-state index in [0.29, 0.717) is 17.3 Å². The molecule has 0 saturated heterocycles. The Bertz CT molecular complexity index is 1190. The molecule has 1 aromatic heterocycles. The van der Waals surface area contributed by atoms with Crippen LogP contribution in [0.3, 0.4) is 0 Å². The summed E-state index contributed by atoms with van der Waals surface area (Å²) in [5.74, 6) is 2.04. The Labute approximate surface area is 163 Å². The first-order valence-electron chi connectivity index (χ1n) is 9.04. The van der Waals surface area contributed by atoms with E-state index in [1.54, 1.807) is 14.2 Å². The second-order valence-corrected chi connectivity index (χ2v) is 6.51. The van der Waals surface area contributed by atoms with Gasteiger partial charge in [0.2, 0.25) is 0 Å². The van der Waals surface area contributed by atoms with Gasteiger partial charge in [-0.25, -0.2) is 4.99 Å². The van der Waals surface area contributed by atoms with E-state index in [2.05, 4.69) is 19.1 Å². The molecule has 1 heterocycles. The molecule has 3 aromatic carbocycles. The molecule has 0 fully saturated rings. The maximum Gasteiger partial charge on any atom is 0.161 e. The van der Waals surface area contributed by atoms with Crippen molar-refractivity contribution in [3.05, 3.63) is 83.7 Å². The number of rotatable bonds is 4. The molecule has 0 aliphatic rings. The summed E-state index contributed by atoms with van der Waals surface area (Å²) in [6, 6.07) is 23.8. The van der Waals surface area contributed by atoms with E-state index in [9.17, 15) is 0 Å². The lowest BCUT2D eigenvalue weighted by Crippen LogP contribution is -2.03. The summed E-state index contributed by atoms with van der Waals surface area (Å²) in [7, 11) is 3.24. The zero-order valence-corrected chi connectivity index (χ0v) is 16.1. The van der Waals surface area contributed by atoms with Crippen LogP contribution in [0.25, 0.3) is 22.3 Å². The summed E-state index contributed by atoms with van der Waals surface area (Å²) < 4.78 is 16.9. The molecular weight excluding hydrogens is 350 g/mol. The molecule has 0 aliphatic carbocycles. The van der Waals surface area contributed by atoms with Gasteiger partial charge in [0, 0.05) is 17.0 Å². The Morgan fingerprint density at radius 2 is 1.54 bits per heavy atom. The number of fused-ring (bicyclic) bond motifs is 1. The summed E-state index contributed by atoms with van der Waals surface area (Å²) in [6.45, 7) is 2.07. The van der Waals surface area contributed by atoms with Gasteiger partial charge in [0.05, 0.1) is 25.3 Å². The van der Waals surface area contributed by atoms with Crippen molar-refractivity contribution in [1.29, 1.82) is 0 Å². The average molecular weight is 371 g/mol. The van der Waals surface area contributed by atoms with Gasteiger partial charge in [0.1, 0.15) is 11.3 Å². The average Bonchev–Trinajstić information content (AvgIpc) is 2.74. The normalized spacial score (nSPS) is 11.6. The number of benzene rings is 3. The van der Waals surface area contributed by atoms with Crippen LogP contribution in [0.15, 0.2) is 82.2 Å². The van der Waals surface area contributed by atoms with Crippen LogP contribution in [0.2, 0.25) is 0 Å². The minimum absolute atomic E-state index is 0.653. The SMILES string of the molecule is COc1ccc(-c2cc(=Nc3ccc(C)cc3)c3ccccc3o2)cc1OC. The van der Waals surface area contributed by atoms with Crippen molar-refractivity contribution < 1.29 is 13.9 Å². The van der Waals surface area contributed by atoms with Crippen molar-refractivity contribution in [2.45, 2.75) is 6.92 Å². The molecule has 4 heteroatoms. The van der Waals surface area contributed by atoms with Crippen molar-refractivity contribution in [3.63, 3.8) is 0 Å². The highest BCUT2D eigenvalue weighted by atomic mass is 16.5. The fraction of sp³-hybridized carbons (Fsp3) is 0.125. The van der Waals surface area contributed by atoms with Gasteiger partial charge in [0.25, 0.3) is 0 Å². The Hall–Kier alpha value is -3.53. The van der Waals surface area contributed by atoms with Gasteiger partial charge in [-0.15, -0.1) is 0 Å². The highest BCUT2D eigenvalue weighted by Crippen LogP contribution is 2.32. The van der Waals surface area contributed by atoms with E-state index in [1.807, 2.05) is 60.7 Å². The van der Waals surface area contributed by atoms with E-state index in [1.165, 1.54) is 5.56 Å². The van der Waals surface area contributed by atoms with Crippen molar-refractivity contribution in [2.24, 2.45) is 4.99 Å². The van der Waals surface area contributed by atoms with Gasteiger partial charge < -0.3 is 13.9 Å². The zero-order chi connectivity index (χ0) is 19.5. The van der Waals surface area contributed by atoms with Crippen LogP contribution in [0, 0.1) is 6.92 Å². The predicted octanol–water partition coefficient (Wildman–Crippen LogP) is 5.66. The van der Waals surface area contributed by atoms with Crippen LogP contribution in [0.1, 0.15) is 5.56 Å². The van der Waals surface area contributed by atoms with Gasteiger partial charge in [-0.1, -0.05) is 29.8 Å². The fourth-order valence-corrected chi connectivity index (χ4v) is 3.10. The Morgan fingerprint density at radius 3 is 2.29 bits per heavy atom. The topological polar surface area (TPSA) is 44.0 Å². The van der Waals surface area contributed by atoms with Gasteiger partial charge in [-0.05, 0) is 49.4 Å². The molecular formula is C24H21NO3. The molecule has 0 bridgehead atoms. The number of hydrogen-bond donors (Lipinski definition) is 0. The van der Waals surface area contributed by atoms with E-state index in [0.717, 1.165) is 27.6 Å². The molecule has 0 N–H and O–H groups in total. The van der Waals surface area contributed by atoms with E-state index in [-0.39, 0.29) is 0 Å². The summed E-state index contributed by atoms with van der Waals surface area (Å²) in [5, 5.41) is 1.82. The first-order valence-corrected chi connectivity index (χ1v) is 9.04. The monoisotopic (exact) mass is 371 g/mol. The first kappa shape index (κ1) is 17.9. The molecule has 0 amide bonds.